The van der Waals surface area contributed by atoms with Crippen molar-refractivity contribution in [1.82, 2.24) is 9.78 Å². The first-order valence-corrected chi connectivity index (χ1v) is 3.64. The molecule has 66 valence electrons. The Morgan fingerprint density at radius 3 is 2.50 bits per heavy atom. The Morgan fingerprint density at radius 2 is 2.25 bits per heavy atom. The number of aromatic amines is 1. The molecule has 0 saturated heterocycles. The van der Waals surface area contributed by atoms with Crippen LogP contribution in [-0.4, -0.2) is 15.8 Å². The zero-order valence-corrected chi connectivity index (χ0v) is 7.00. The molecule has 5 heteroatoms. The van der Waals surface area contributed by atoms with E-state index in [1.807, 2.05) is 13.8 Å². The first-order chi connectivity index (χ1) is 5.54. The van der Waals surface area contributed by atoms with Gasteiger partial charge >= 0.3 is 6.03 Å². The quantitative estimate of drug-likeness (QED) is 0.630. The minimum atomic E-state index is -0.785. The second kappa shape index (κ2) is 2.84. The van der Waals surface area contributed by atoms with E-state index >= 15 is 0 Å². The van der Waals surface area contributed by atoms with Crippen LogP contribution in [-0.2, 0) is 0 Å². The van der Waals surface area contributed by atoms with E-state index in [0.717, 1.165) is 4.68 Å². The zero-order chi connectivity index (χ0) is 9.30. The highest BCUT2D eigenvalue weighted by Gasteiger charge is 2.11. The van der Waals surface area contributed by atoms with Crippen molar-refractivity contribution in [3.8, 4) is 0 Å². The maximum atomic E-state index is 11.3. The number of nitrogens with two attached hydrogens (primary N) is 1. The third kappa shape index (κ3) is 1.25. The van der Waals surface area contributed by atoms with Crippen LogP contribution in [0.1, 0.15) is 25.3 Å². The van der Waals surface area contributed by atoms with Gasteiger partial charge in [-0.2, -0.15) is 4.68 Å². The number of rotatable bonds is 1. The molecule has 1 amide bonds. The fraction of sp³-hybridized carbons (Fsp3) is 0.429. The molecular weight excluding hydrogens is 158 g/mol. The summed E-state index contributed by atoms with van der Waals surface area (Å²) >= 11 is 0. The molecule has 0 unspecified atom stereocenters. The van der Waals surface area contributed by atoms with E-state index in [2.05, 4.69) is 5.10 Å². The number of H-pyrrole nitrogens is 1. The van der Waals surface area contributed by atoms with Crippen LogP contribution in [0.25, 0.3) is 0 Å². The number of primary amides is 1. The van der Waals surface area contributed by atoms with Gasteiger partial charge in [0.25, 0.3) is 5.56 Å². The molecule has 0 aromatic carbocycles. The topological polar surface area (TPSA) is 80.9 Å². The average Bonchev–Trinajstić information content (AvgIpc) is 2.30. The van der Waals surface area contributed by atoms with Crippen LogP contribution in [0, 0.1) is 0 Å². The van der Waals surface area contributed by atoms with E-state index in [-0.39, 0.29) is 11.5 Å². The Morgan fingerprint density at radius 1 is 1.67 bits per heavy atom. The minimum Gasteiger partial charge on any atom is -0.350 e. The second-order valence-corrected chi connectivity index (χ2v) is 2.86. The number of nitrogens with one attached hydrogen (secondary N) is 1. The number of amides is 1. The van der Waals surface area contributed by atoms with Gasteiger partial charge in [-0.3, -0.25) is 9.89 Å². The standard InChI is InChI=1S/C7H11N3O2/c1-4(2)5-3-9-10(6(5)11)7(8)12/h3-4,9H,1-2H3,(H2,8,12). The Hall–Kier alpha value is -1.52. The van der Waals surface area contributed by atoms with Crippen LogP contribution >= 0.6 is 0 Å². The molecule has 12 heavy (non-hydrogen) atoms. The third-order valence-electron chi connectivity index (χ3n) is 1.64. The van der Waals surface area contributed by atoms with Crippen molar-refractivity contribution >= 4 is 6.03 Å². The van der Waals surface area contributed by atoms with Gasteiger partial charge in [-0.15, -0.1) is 0 Å². The van der Waals surface area contributed by atoms with Crippen molar-refractivity contribution in [2.75, 3.05) is 0 Å². The van der Waals surface area contributed by atoms with Crippen LogP contribution in [0.4, 0.5) is 4.79 Å². The van der Waals surface area contributed by atoms with E-state index in [9.17, 15) is 9.59 Å². The fourth-order valence-corrected chi connectivity index (χ4v) is 0.961. The SMILES string of the molecule is CC(C)c1c[nH]n(C(N)=O)c1=O. The molecule has 0 saturated carbocycles. The average molecular weight is 169 g/mol. The summed E-state index contributed by atoms with van der Waals surface area (Å²) in [6.07, 6.45) is 1.50. The van der Waals surface area contributed by atoms with Crippen molar-refractivity contribution in [1.29, 1.82) is 0 Å². The summed E-state index contributed by atoms with van der Waals surface area (Å²) in [5.41, 5.74) is 5.12. The van der Waals surface area contributed by atoms with Gasteiger partial charge in [0.15, 0.2) is 0 Å². The maximum Gasteiger partial charge on any atom is 0.341 e. The van der Waals surface area contributed by atoms with Crippen molar-refractivity contribution in [3.05, 3.63) is 22.1 Å². The molecule has 0 fully saturated rings. The molecule has 5 nitrogen and oxygen atoms in total. The predicted octanol–water partition coefficient (Wildman–Crippen LogP) is 0.227. The van der Waals surface area contributed by atoms with Crippen molar-refractivity contribution in [2.24, 2.45) is 5.73 Å². The Balaban J connectivity index is 3.23. The van der Waals surface area contributed by atoms with Crippen LogP contribution in [0.3, 0.4) is 0 Å². The Bertz CT molecular complexity index is 348. The molecule has 0 radical (unpaired) electrons. The first kappa shape index (κ1) is 8.58. The zero-order valence-electron chi connectivity index (χ0n) is 7.00. The second-order valence-electron chi connectivity index (χ2n) is 2.86. The number of hydrogen-bond acceptors (Lipinski definition) is 2. The van der Waals surface area contributed by atoms with E-state index in [4.69, 9.17) is 5.73 Å². The van der Waals surface area contributed by atoms with Crippen molar-refractivity contribution in [2.45, 2.75) is 19.8 Å². The maximum absolute atomic E-state index is 11.3. The molecule has 1 aromatic rings. The van der Waals surface area contributed by atoms with Gasteiger partial charge in [-0.05, 0) is 5.92 Å². The molecule has 1 aromatic heterocycles. The molecule has 0 bridgehead atoms. The fourth-order valence-electron chi connectivity index (χ4n) is 0.961. The van der Waals surface area contributed by atoms with Crippen LogP contribution in [0.2, 0.25) is 0 Å². The molecule has 0 aliphatic carbocycles. The summed E-state index contributed by atoms with van der Waals surface area (Å²) < 4.78 is 0.787. The van der Waals surface area contributed by atoms with E-state index < -0.39 is 6.03 Å². The summed E-state index contributed by atoms with van der Waals surface area (Å²) in [6.45, 7) is 3.74. The molecule has 0 spiro atoms. The summed E-state index contributed by atoms with van der Waals surface area (Å²) in [5.74, 6) is 0.0920. The van der Waals surface area contributed by atoms with Gasteiger partial charge in [0, 0.05) is 11.8 Å². The minimum absolute atomic E-state index is 0.0920. The van der Waals surface area contributed by atoms with Gasteiger partial charge < -0.3 is 5.73 Å². The number of nitrogens with zero attached hydrogens (tertiary/aromatic N) is 1. The molecule has 0 aliphatic rings. The highest BCUT2D eigenvalue weighted by molar-refractivity contribution is 5.73. The predicted molar refractivity (Wildman–Crippen MR) is 44.1 cm³/mol. The van der Waals surface area contributed by atoms with Crippen LogP contribution < -0.4 is 11.3 Å². The van der Waals surface area contributed by atoms with E-state index in [1.165, 1.54) is 6.20 Å². The number of carbonyl (C=O) groups excluding carboxylic acids is 1. The lowest BCUT2D eigenvalue weighted by molar-refractivity contribution is 0.247. The summed E-state index contributed by atoms with van der Waals surface area (Å²) in [7, 11) is 0. The monoisotopic (exact) mass is 169 g/mol. The van der Waals surface area contributed by atoms with E-state index in [1.54, 1.807) is 0 Å². The summed E-state index contributed by atoms with van der Waals surface area (Å²) in [5, 5.41) is 2.48. The van der Waals surface area contributed by atoms with E-state index in [0.29, 0.717) is 5.56 Å². The Kier molecular flexibility index (Phi) is 2.03. The number of aromatic nitrogens is 2. The van der Waals surface area contributed by atoms with Gasteiger partial charge in [0.1, 0.15) is 0 Å². The van der Waals surface area contributed by atoms with Crippen molar-refractivity contribution < 1.29 is 4.79 Å². The van der Waals surface area contributed by atoms with Gasteiger partial charge in [0.05, 0.1) is 0 Å². The molecule has 0 atom stereocenters. The number of carbonyl (C=O) groups is 1. The third-order valence-corrected chi connectivity index (χ3v) is 1.64. The lowest BCUT2D eigenvalue weighted by atomic mass is 10.1. The summed E-state index contributed by atoms with van der Waals surface area (Å²) in [6, 6.07) is -0.785. The molecule has 0 aliphatic heterocycles. The largest absolute Gasteiger partial charge is 0.350 e. The lowest BCUT2D eigenvalue weighted by Gasteiger charge is -1.95. The molecule has 3 N–H and O–H groups in total. The highest BCUT2D eigenvalue weighted by Crippen LogP contribution is 2.06. The van der Waals surface area contributed by atoms with Crippen LogP contribution in [0.5, 0.6) is 0 Å². The Labute approximate surface area is 69.2 Å². The van der Waals surface area contributed by atoms with Gasteiger partial charge in [0.2, 0.25) is 0 Å². The molecule has 1 heterocycles. The summed E-state index contributed by atoms with van der Waals surface area (Å²) in [4.78, 5) is 21.9. The lowest BCUT2D eigenvalue weighted by Crippen LogP contribution is -2.31. The normalized spacial score (nSPS) is 10.6. The highest BCUT2D eigenvalue weighted by atomic mass is 16.2. The smallest absolute Gasteiger partial charge is 0.341 e. The van der Waals surface area contributed by atoms with Crippen LogP contribution in [0.15, 0.2) is 11.0 Å². The van der Waals surface area contributed by atoms with Crippen molar-refractivity contribution in [3.63, 3.8) is 0 Å². The molecule has 1 rings (SSSR count). The van der Waals surface area contributed by atoms with Gasteiger partial charge in [-0.1, -0.05) is 13.8 Å². The van der Waals surface area contributed by atoms with Gasteiger partial charge in [-0.25, -0.2) is 4.79 Å². The number of hydrogen-bond donors (Lipinski definition) is 2. The molecular formula is C7H11N3O2. The first-order valence-electron chi connectivity index (χ1n) is 3.64.